The second kappa shape index (κ2) is 8.42. The molecule has 2 heterocycles. The van der Waals surface area contributed by atoms with Gasteiger partial charge in [-0.3, -0.25) is 14.5 Å². The summed E-state index contributed by atoms with van der Waals surface area (Å²) in [6.07, 6.45) is 9.41. The molecule has 27 heavy (non-hydrogen) atoms. The number of carbonyl (C=O) groups is 2. The van der Waals surface area contributed by atoms with Gasteiger partial charge in [0.1, 0.15) is 0 Å². The predicted molar refractivity (Wildman–Crippen MR) is 107 cm³/mol. The highest BCUT2D eigenvalue weighted by Gasteiger charge is 2.37. The zero-order valence-corrected chi connectivity index (χ0v) is 16.1. The van der Waals surface area contributed by atoms with Crippen molar-refractivity contribution < 1.29 is 9.59 Å². The average Bonchev–Trinajstić information content (AvgIpc) is 3.20. The van der Waals surface area contributed by atoms with E-state index in [1.165, 1.54) is 38.5 Å². The van der Waals surface area contributed by atoms with Crippen molar-refractivity contribution in [3.05, 3.63) is 30.3 Å². The second-order valence-corrected chi connectivity index (χ2v) is 8.38. The molecule has 2 atom stereocenters. The zero-order valence-electron chi connectivity index (χ0n) is 16.1. The highest BCUT2D eigenvalue weighted by molar-refractivity contribution is 6.00. The van der Waals surface area contributed by atoms with Gasteiger partial charge in [0, 0.05) is 43.8 Å². The summed E-state index contributed by atoms with van der Waals surface area (Å²) in [6, 6.07) is 10.6. The molecular weight excluding hydrogens is 338 g/mol. The Kier molecular flexibility index (Phi) is 5.77. The van der Waals surface area contributed by atoms with Gasteiger partial charge in [-0.1, -0.05) is 43.9 Å². The lowest BCUT2D eigenvalue weighted by Crippen LogP contribution is -2.42. The first kappa shape index (κ1) is 18.5. The van der Waals surface area contributed by atoms with Gasteiger partial charge >= 0.3 is 0 Å². The number of para-hydroxylation sites is 1. The SMILES string of the molecule is O=C(NC1CCN(C2CCCCCC2)C1)C1CC(=O)N(c2ccccc2)C1. The topological polar surface area (TPSA) is 52.7 Å². The summed E-state index contributed by atoms with van der Waals surface area (Å²) in [5.41, 5.74) is 0.887. The third kappa shape index (κ3) is 4.34. The van der Waals surface area contributed by atoms with E-state index in [1.54, 1.807) is 4.90 Å². The third-order valence-electron chi connectivity index (χ3n) is 6.47. The van der Waals surface area contributed by atoms with Gasteiger partial charge < -0.3 is 10.2 Å². The van der Waals surface area contributed by atoms with Gasteiger partial charge in [-0.15, -0.1) is 0 Å². The molecule has 1 aliphatic carbocycles. The largest absolute Gasteiger partial charge is 0.352 e. The van der Waals surface area contributed by atoms with Gasteiger partial charge in [0.05, 0.1) is 5.92 Å². The second-order valence-electron chi connectivity index (χ2n) is 8.38. The van der Waals surface area contributed by atoms with Crippen molar-refractivity contribution in [2.75, 3.05) is 24.5 Å². The molecular formula is C22H31N3O2. The number of benzene rings is 1. The highest BCUT2D eigenvalue weighted by Crippen LogP contribution is 2.27. The van der Waals surface area contributed by atoms with E-state index in [0.29, 0.717) is 19.0 Å². The van der Waals surface area contributed by atoms with Crippen LogP contribution < -0.4 is 10.2 Å². The summed E-state index contributed by atoms with van der Waals surface area (Å²) in [6.45, 7) is 2.56. The van der Waals surface area contributed by atoms with Crippen molar-refractivity contribution in [3.8, 4) is 0 Å². The zero-order chi connectivity index (χ0) is 18.6. The van der Waals surface area contributed by atoms with Crippen LogP contribution in [0.2, 0.25) is 0 Å². The third-order valence-corrected chi connectivity index (χ3v) is 6.47. The van der Waals surface area contributed by atoms with Crippen LogP contribution in [0.4, 0.5) is 5.69 Å². The number of nitrogens with one attached hydrogen (secondary N) is 1. The molecule has 2 amide bonds. The Morgan fingerprint density at radius 2 is 1.70 bits per heavy atom. The number of nitrogens with zero attached hydrogens (tertiary/aromatic N) is 2. The van der Waals surface area contributed by atoms with Crippen molar-refractivity contribution in [1.82, 2.24) is 10.2 Å². The minimum atomic E-state index is -0.232. The van der Waals surface area contributed by atoms with Crippen LogP contribution in [0.25, 0.3) is 0 Å². The molecule has 0 aromatic heterocycles. The van der Waals surface area contributed by atoms with E-state index in [2.05, 4.69) is 10.2 Å². The van der Waals surface area contributed by atoms with E-state index in [-0.39, 0.29) is 23.8 Å². The summed E-state index contributed by atoms with van der Waals surface area (Å²) >= 11 is 0. The molecule has 3 fully saturated rings. The Morgan fingerprint density at radius 3 is 2.44 bits per heavy atom. The molecule has 0 radical (unpaired) electrons. The lowest BCUT2D eigenvalue weighted by molar-refractivity contribution is -0.126. The minimum absolute atomic E-state index is 0.0489. The van der Waals surface area contributed by atoms with E-state index in [0.717, 1.165) is 25.2 Å². The smallest absolute Gasteiger partial charge is 0.227 e. The summed E-state index contributed by atoms with van der Waals surface area (Å²) in [5, 5.41) is 3.24. The molecule has 146 valence electrons. The van der Waals surface area contributed by atoms with Crippen LogP contribution in [0.1, 0.15) is 51.4 Å². The summed E-state index contributed by atoms with van der Waals surface area (Å²) in [7, 11) is 0. The lowest BCUT2D eigenvalue weighted by Gasteiger charge is -2.27. The number of likely N-dealkylation sites (tertiary alicyclic amines) is 1. The summed E-state index contributed by atoms with van der Waals surface area (Å²) in [4.78, 5) is 29.4. The number of hydrogen-bond donors (Lipinski definition) is 1. The van der Waals surface area contributed by atoms with Crippen LogP contribution in [-0.2, 0) is 9.59 Å². The van der Waals surface area contributed by atoms with Crippen LogP contribution in [-0.4, -0.2) is 48.4 Å². The van der Waals surface area contributed by atoms with E-state index in [9.17, 15) is 9.59 Å². The fraction of sp³-hybridized carbons (Fsp3) is 0.636. The minimum Gasteiger partial charge on any atom is -0.352 e. The summed E-state index contributed by atoms with van der Waals surface area (Å²) in [5.74, 6) is -0.132. The molecule has 5 nitrogen and oxygen atoms in total. The quantitative estimate of drug-likeness (QED) is 0.830. The first-order valence-electron chi connectivity index (χ1n) is 10.6. The maximum absolute atomic E-state index is 12.8. The molecule has 1 N–H and O–H groups in total. The number of anilines is 1. The Bertz CT molecular complexity index is 655. The van der Waals surface area contributed by atoms with Crippen molar-refractivity contribution in [3.63, 3.8) is 0 Å². The first-order valence-corrected chi connectivity index (χ1v) is 10.6. The molecule has 5 heteroatoms. The van der Waals surface area contributed by atoms with Gasteiger partial charge in [-0.05, 0) is 31.4 Å². The van der Waals surface area contributed by atoms with Gasteiger partial charge in [-0.2, -0.15) is 0 Å². The normalized spacial score (nSPS) is 27.7. The lowest BCUT2D eigenvalue weighted by atomic mass is 10.1. The first-order chi connectivity index (χ1) is 13.2. The van der Waals surface area contributed by atoms with Crippen molar-refractivity contribution in [2.24, 2.45) is 5.92 Å². The Labute approximate surface area is 162 Å². The predicted octanol–water partition coefficient (Wildman–Crippen LogP) is 2.95. The van der Waals surface area contributed by atoms with Gasteiger partial charge in [0.2, 0.25) is 11.8 Å². The molecule has 1 aromatic carbocycles. The maximum Gasteiger partial charge on any atom is 0.227 e. The van der Waals surface area contributed by atoms with Crippen molar-refractivity contribution in [1.29, 1.82) is 0 Å². The number of rotatable bonds is 4. The van der Waals surface area contributed by atoms with E-state index >= 15 is 0 Å². The maximum atomic E-state index is 12.8. The van der Waals surface area contributed by atoms with E-state index < -0.39 is 0 Å². The van der Waals surface area contributed by atoms with Crippen molar-refractivity contribution in [2.45, 2.75) is 63.5 Å². The number of carbonyl (C=O) groups excluding carboxylic acids is 2. The van der Waals surface area contributed by atoms with Crippen LogP contribution in [0.3, 0.4) is 0 Å². The Hall–Kier alpha value is -1.88. The van der Waals surface area contributed by atoms with Crippen molar-refractivity contribution >= 4 is 17.5 Å². The van der Waals surface area contributed by atoms with Crippen LogP contribution in [0.5, 0.6) is 0 Å². The van der Waals surface area contributed by atoms with Crippen LogP contribution in [0.15, 0.2) is 30.3 Å². The van der Waals surface area contributed by atoms with Gasteiger partial charge in [0.25, 0.3) is 0 Å². The molecule has 2 unspecified atom stereocenters. The Balaban J connectivity index is 1.29. The number of amides is 2. The molecule has 0 spiro atoms. The molecule has 0 bridgehead atoms. The molecule has 2 aliphatic heterocycles. The van der Waals surface area contributed by atoms with Crippen LogP contribution >= 0.6 is 0 Å². The number of hydrogen-bond acceptors (Lipinski definition) is 3. The van der Waals surface area contributed by atoms with Gasteiger partial charge in [-0.25, -0.2) is 0 Å². The monoisotopic (exact) mass is 369 g/mol. The fourth-order valence-corrected chi connectivity index (χ4v) is 4.92. The molecule has 3 aliphatic rings. The fourth-order valence-electron chi connectivity index (χ4n) is 4.92. The average molecular weight is 370 g/mol. The van der Waals surface area contributed by atoms with Gasteiger partial charge in [0.15, 0.2) is 0 Å². The molecule has 2 saturated heterocycles. The molecule has 1 saturated carbocycles. The van der Waals surface area contributed by atoms with E-state index in [1.807, 2.05) is 30.3 Å². The molecule has 4 rings (SSSR count). The highest BCUT2D eigenvalue weighted by atomic mass is 16.2. The Morgan fingerprint density at radius 1 is 0.963 bits per heavy atom. The van der Waals surface area contributed by atoms with Crippen LogP contribution in [0, 0.1) is 5.92 Å². The standard InChI is InChI=1S/C22H31N3O2/c26-21-14-17(15-25(21)20-10-6-3-7-11-20)22(27)23-18-12-13-24(16-18)19-8-4-1-2-5-9-19/h3,6-7,10-11,17-19H,1-2,4-5,8-9,12-16H2,(H,23,27). The summed E-state index contributed by atoms with van der Waals surface area (Å²) < 4.78 is 0. The molecule has 1 aromatic rings. The van der Waals surface area contributed by atoms with E-state index in [4.69, 9.17) is 0 Å².